The van der Waals surface area contributed by atoms with Crippen LogP contribution >= 0.6 is 43.5 Å². The molecule has 5 nitrogen and oxygen atoms in total. The summed E-state index contributed by atoms with van der Waals surface area (Å²) in [5.41, 5.74) is 0.961. The summed E-state index contributed by atoms with van der Waals surface area (Å²) in [5.74, 6) is 0.0575. The fourth-order valence-electron chi connectivity index (χ4n) is 2.29. The van der Waals surface area contributed by atoms with Crippen molar-refractivity contribution in [3.8, 4) is 5.75 Å². The molecule has 9 heteroatoms. The summed E-state index contributed by atoms with van der Waals surface area (Å²) in [6.45, 7) is 1.76. The second-order valence-electron chi connectivity index (χ2n) is 5.51. The van der Waals surface area contributed by atoms with Crippen LogP contribution in [0.3, 0.4) is 0 Å². The van der Waals surface area contributed by atoms with Gasteiger partial charge in [-0.1, -0.05) is 22.8 Å². The standard InChI is InChI=1S/C18H12Br2ClFN2O3/c1-9-13(8-26-12-4-2-3-10(21)5-12)16(24-27-9)18(25)23-17-14(19)6-11(22)7-15(17)20/h2-7H,8H2,1H3,(H,23,25). The fraction of sp³-hybridized carbons (Fsp3) is 0.111. The van der Waals surface area contributed by atoms with Gasteiger partial charge in [0.25, 0.3) is 5.91 Å². The van der Waals surface area contributed by atoms with Crippen LogP contribution in [0, 0.1) is 12.7 Å². The van der Waals surface area contributed by atoms with Gasteiger partial charge < -0.3 is 14.6 Å². The van der Waals surface area contributed by atoms with Crippen LogP contribution in [0.5, 0.6) is 5.75 Å². The number of halogens is 4. The van der Waals surface area contributed by atoms with Gasteiger partial charge in [-0.05, 0) is 69.1 Å². The Labute approximate surface area is 176 Å². The highest BCUT2D eigenvalue weighted by Gasteiger charge is 2.22. The normalized spacial score (nSPS) is 10.7. The zero-order valence-corrected chi connectivity index (χ0v) is 17.8. The lowest BCUT2D eigenvalue weighted by atomic mass is 10.2. The molecule has 3 rings (SSSR count). The molecule has 2 aromatic carbocycles. The molecule has 0 bridgehead atoms. The first kappa shape index (κ1) is 19.9. The molecule has 0 aliphatic rings. The monoisotopic (exact) mass is 516 g/mol. The summed E-state index contributed by atoms with van der Waals surface area (Å²) < 4.78 is 25.0. The van der Waals surface area contributed by atoms with Gasteiger partial charge in [0.2, 0.25) is 0 Å². The molecule has 0 saturated carbocycles. The van der Waals surface area contributed by atoms with Gasteiger partial charge >= 0.3 is 0 Å². The van der Waals surface area contributed by atoms with Crippen molar-refractivity contribution in [1.82, 2.24) is 5.16 Å². The van der Waals surface area contributed by atoms with Crippen molar-refractivity contribution in [2.45, 2.75) is 13.5 Å². The molecule has 0 aliphatic carbocycles. The van der Waals surface area contributed by atoms with Crippen LogP contribution in [0.1, 0.15) is 21.8 Å². The quantitative estimate of drug-likeness (QED) is 0.441. The van der Waals surface area contributed by atoms with E-state index in [2.05, 4.69) is 42.3 Å². The Morgan fingerprint density at radius 2 is 2.00 bits per heavy atom. The SMILES string of the molecule is Cc1onc(C(=O)Nc2c(Br)cc(F)cc2Br)c1COc1cccc(Cl)c1. The number of hydrogen-bond donors (Lipinski definition) is 1. The highest BCUT2D eigenvalue weighted by Crippen LogP contribution is 2.32. The number of ether oxygens (including phenoxy) is 1. The molecule has 0 radical (unpaired) electrons. The maximum Gasteiger partial charge on any atom is 0.278 e. The van der Waals surface area contributed by atoms with Crippen LogP contribution < -0.4 is 10.1 Å². The first-order chi connectivity index (χ1) is 12.8. The van der Waals surface area contributed by atoms with Gasteiger partial charge in [-0.2, -0.15) is 0 Å². The molecule has 1 aromatic heterocycles. The predicted octanol–water partition coefficient (Wildman–Crippen LogP) is 6.13. The van der Waals surface area contributed by atoms with Crippen molar-refractivity contribution >= 4 is 55.1 Å². The largest absolute Gasteiger partial charge is 0.489 e. The number of carbonyl (C=O) groups excluding carboxylic acids is 1. The summed E-state index contributed by atoms with van der Waals surface area (Å²) >= 11 is 12.4. The lowest BCUT2D eigenvalue weighted by Gasteiger charge is -2.10. The molecule has 0 atom stereocenters. The lowest BCUT2D eigenvalue weighted by molar-refractivity contribution is 0.101. The van der Waals surface area contributed by atoms with Gasteiger partial charge in [0.15, 0.2) is 5.69 Å². The van der Waals surface area contributed by atoms with Gasteiger partial charge in [0.05, 0.1) is 11.3 Å². The summed E-state index contributed by atoms with van der Waals surface area (Å²) in [5, 5.41) is 7.05. The van der Waals surface area contributed by atoms with Crippen LogP contribution in [0.25, 0.3) is 0 Å². The number of rotatable bonds is 5. The van der Waals surface area contributed by atoms with Crippen LogP contribution in [0.15, 0.2) is 49.9 Å². The minimum absolute atomic E-state index is 0.0736. The Hall–Kier alpha value is -1.90. The van der Waals surface area contributed by atoms with Crippen molar-refractivity contribution < 1.29 is 18.4 Å². The molecular weight excluding hydrogens is 506 g/mol. The second-order valence-corrected chi connectivity index (χ2v) is 7.66. The number of aromatic nitrogens is 1. The Kier molecular flexibility index (Phi) is 6.18. The molecule has 3 aromatic rings. The smallest absolute Gasteiger partial charge is 0.278 e. The number of hydrogen-bond acceptors (Lipinski definition) is 4. The van der Waals surface area contributed by atoms with Crippen molar-refractivity contribution in [3.05, 3.63) is 73.2 Å². The first-order valence-corrected chi connectivity index (χ1v) is 9.61. The highest BCUT2D eigenvalue weighted by molar-refractivity contribution is 9.11. The zero-order valence-electron chi connectivity index (χ0n) is 13.9. The van der Waals surface area contributed by atoms with Gasteiger partial charge in [0, 0.05) is 14.0 Å². The maximum absolute atomic E-state index is 13.4. The van der Waals surface area contributed by atoms with Crippen LogP contribution in [-0.4, -0.2) is 11.1 Å². The summed E-state index contributed by atoms with van der Waals surface area (Å²) in [4.78, 5) is 12.7. The molecule has 0 fully saturated rings. The number of carbonyl (C=O) groups is 1. The summed E-state index contributed by atoms with van der Waals surface area (Å²) in [6.07, 6.45) is 0. The average Bonchev–Trinajstić information content (AvgIpc) is 2.97. The number of amides is 1. The maximum atomic E-state index is 13.4. The van der Waals surface area contributed by atoms with E-state index < -0.39 is 11.7 Å². The number of benzene rings is 2. The van der Waals surface area contributed by atoms with Gasteiger partial charge in [-0.3, -0.25) is 4.79 Å². The lowest BCUT2D eigenvalue weighted by Crippen LogP contribution is -2.16. The molecule has 1 heterocycles. The average molecular weight is 519 g/mol. The number of anilines is 1. The van der Waals surface area contributed by atoms with Crippen molar-refractivity contribution in [1.29, 1.82) is 0 Å². The molecule has 1 N–H and O–H groups in total. The summed E-state index contributed by atoms with van der Waals surface area (Å²) in [6, 6.07) is 9.40. The number of nitrogens with one attached hydrogen (secondary N) is 1. The third kappa shape index (κ3) is 4.69. The molecule has 140 valence electrons. The van der Waals surface area contributed by atoms with Gasteiger partial charge in [0.1, 0.15) is 23.9 Å². The van der Waals surface area contributed by atoms with Crippen molar-refractivity contribution in [2.75, 3.05) is 5.32 Å². The third-order valence-electron chi connectivity index (χ3n) is 3.62. The molecule has 1 amide bonds. The molecule has 27 heavy (non-hydrogen) atoms. The third-order valence-corrected chi connectivity index (χ3v) is 5.11. The van der Waals surface area contributed by atoms with Crippen LogP contribution in [0.2, 0.25) is 5.02 Å². The van der Waals surface area contributed by atoms with Crippen molar-refractivity contribution in [2.24, 2.45) is 0 Å². The topological polar surface area (TPSA) is 64.4 Å². The zero-order chi connectivity index (χ0) is 19.6. The first-order valence-electron chi connectivity index (χ1n) is 7.64. The van der Waals surface area contributed by atoms with Crippen LogP contribution in [-0.2, 0) is 6.61 Å². The van der Waals surface area contributed by atoms with E-state index >= 15 is 0 Å². The second kappa shape index (κ2) is 8.41. The highest BCUT2D eigenvalue weighted by atomic mass is 79.9. The number of aryl methyl sites for hydroxylation is 1. The van der Waals surface area contributed by atoms with E-state index in [0.717, 1.165) is 0 Å². The van der Waals surface area contributed by atoms with E-state index in [1.807, 2.05) is 0 Å². The molecule has 0 saturated heterocycles. The Morgan fingerprint density at radius 1 is 1.30 bits per heavy atom. The van der Waals surface area contributed by atoms with Crippen molar-refractivity contribution in [3.63, 3.8) is 0 Å². The minimum atomic E-state index is -0.510. The number of nitrogens with zero attached hydrogens (tertiary/aromatic N) is 1. The van der Waals surface area contributed by atoms with Crippen LogP contribution in [0.4, 0.5) is 10.1 Å². The molecule has 0 unspecified atom stereocenters. The Morgan fingerprint density at radius 3 is 2.67 bits per heavy atom. The van der Waals surface area contributed by atoms with E-state index in [1.165, 1.54) is 12.1 Å². The fourth-order valence-corrected chi connectivity index (χ4v) is 3.80. The minimum Gasteiger partial charge on any atom is -0.489 e. The van der Waals surface area contributed by atoms with Gasteiger partial charge in [-0.25, -0.2) is 4.39 Å². The van der Waals surface area contributed by atoms with E-state index in [0.29, 0.717) is 36.7 Å². The van der Waals surface area contributed by atoms with E-state index in [1.54, 1.807) is 31.2 Å². The Balaban J connectivity index is 1.80. The van der Waals surface area contributed by atoms with Gasteiger partial charge in [-0.15, -0.1) is 0 Å². The van der Waals surface area contributed by atoms with E-state index in [4.69, 9.17) is 20.9 Å². The predicted molar refractivity (Wildman–Crippen MR) is 107 cm³/mol. The summed E-state index contributed by atoms with van der Waals surface area (Å²) in [7, 11) is 0. The molecule has 0 aliphatic heterocycles. The molecular formula is C18H12Br2ClFN2O3. The van der Waals surface area contributed by atoms with E-state index in [9.17, 15) is 9.18 Å². The van der Waals surface area contributed by atoms with E-state index in [-0.39, 0.29) is 12.3 Å². The molecule has 0 spiro atoms. The Bertz CT molecular complexity index is 987.